The van der Waals surface area contributed by atoms with E-state index in [0.29, 0.717) is 28.2 Å². The van der Waals surface area contributed by atoms with E-state index in [0.717, 1.165) is 0 Å². The van der Waals surface area contributed by atoms with Crippen LogP contribution in [0, 0.1) is 0 Å². The van der Waals surface area contributed by atoms with Gasteiger partial charge in [-0.1, -0.05) is 29.4 Å². The maximum absolute atomic E-state index is 11.0. The largest absolute Gasteiger partial charge is 0.481 e. The first-order valence-corrected chi connectivity index (χ1v) is 7.13. The number of hydrogen-bond donors (Lipinski definition) is 2. The molecule has 0 aliphatic heterocycles. The van der Waals surface area contributed by atoms with Gasteiger partial charge in [-0.3, -0.25) is 9.59 Å². The summed E-state index contributed by atoms with van der Waals surface area (Å²) in [6.45, 7) is 0.0560. The van der Waals surface area contributed by atoms with Gasteiger partial charge in [0.25, 0.3) is 0 Å². The highest BCUT2D eigenvalue weighted by Gasteiger charge is 2.09. The van der Waals surface area contributed by atoms with Crippen LogP contribution in [0.25, 0.3) is 0 Å². The van der Waals surface area contributed by atoms with Crippen LogP contribution in [-0.4, -0.2) is 28.1 Å². The van der Waals surface area contributed by atoms with Crippen molar-refractivity contribution >= 4 is 34.4 Å². The van der Waals surface area contributed by atoms with Crippen molar-refractivity contribution in [2.45, 2.75) is 13.0 Å². The van der Waals surface area contributed by atoms with Gasteiger partial charge in [0.1, 0.15) is 12.3 Å². The quantitative estimate of drug-likeness (QED) is 0.454. The van der Waals surface area contributed by atoms with Crippen LogP contribution < -0.4 is 5.73 Å². The summed E-state index contributed by atoms with van der Waals surface area (Å²) in [4.78, 5) is 30.9. The van der Waals surface area contributed by atoms with Crippen LogP contribution in [0.3, 0.4) is 0 Å². The highest BCUT2D eigenvalue weighted by Crippen LogP contribution is 2.13. The number of hydrogen-bond acceptors (Lipinski definition) is 7. The molecular formula is C14H13N3O4S. The molecule has 1 heterocycles. The minimum Gasteiger partial charge on any atom is -0.481 e. The molecule has 0 spiro atoms. The molecule has 0 saturated carbocycles. The van der Waals surface area contributed by atoms with Crippen molar-refractivity contribution in [2.75, 3.05) is 5.73 Å². The first-order chi connectivity index (χ1) is 10.6. The topological polar surface area (TPSA) is 115 Å². The summed E-state index contributed by atoms with van der Waals surface area (Å²) in [5.74, 6) is -0.928. The number of carbonyl (C=O) groups excluding carboxylic acids is 1. The number of aldehydes is 1. The molecule has 0 bridgehead atoms. The van der Waals surface area contributed by atoms with Crippen LogP contribution in [0.4, 0.5) is 5.13 Å². The van der Waals surface area contributed by atoms with Crippen LogP contribution >= 0.6 is 11.3 Å². The molecule has 114 valence electrons. The van der Waals surface area contributed by atoms with E-state index in [1.165, 1.54) is 11.3 Å². The van der Waals surface area contributed by atoms with E-state index in [4.69, 9.17) is 15.7 Å². The average molecular weight is 319 g/mol. The molecule has 1 aromatic carbocycles. The Morgan fingerprint density at radius 3 is 2.73 bits per heavy atom. The van der Waals surface area contributed by atoms with Gasteiger partial charge >= 0.3 is 5.97 Å². The van der Waals surface area contributed by atoms with E-state index < -0.39 is 5.97 Å². The number of anilines is 1. The van der Waals surface area contributed by atoms with Gasteiger partial charge in [-0.05, 0) is 11.1 Å². The maximum atomic E-state index is 11.0. The molecule has 0 unspecified atom stereocenters. The molecular weight excluding hydrogens is 306 g/mol. The van der Waals surface area contributed by atoms with Gasteiger partial charge in [0.05, 0.1) is 6.42 Å². The highest BCUT2D eigenvalue weighted by molar-refractivity contribution is 7.13. The van der Waals surface area contributed by atoms with Crippen LogP contribution in [0.2, 0.25) is 0 Å². The number of benzene rings is 1. The lowest BCUT2D eigenvalue weighted by Gasteiger charge is -2.06. The van der Waals surface area contributed by atoms with E-state index in [9.17, 15) is 9.59 Å². The molecule has 0 aliphatic rings. The van der Waals surface area contributed by atoms with E-state index in [1.54, 1.807) is 29.6 Å². The minimum absolute atomic E-state index is 0.0312. The number of aliphatic carboxylic acids is 1. The molecule has 0 aliphatic carbocycles. The Bertz CT molecular complexity index is 712. The van der Waals surface area contributed by atoms with Gasteiger partial charge < -0.3 is 15.7 Å². The Kier molecular flexibility index (Phi) is 5.21. The SMILES string of the molecule is Nc1nc(/C(C=O)=N\OCc2ccccc2CC(=O)O)cs1. The average Bonchev–Trinajstić information content (AvgIpc) is 2.91. The molecule has 0 atom stereocenters. The zero-order chi connectivity index (χ0) is 15.9. The summed E-state index contributed by atoms with van der Waals surface area (Å²) in [5, 5.41) is 14.5. The molecule has 1 aromatic heterocycles. The summed E-state index contributed by atoms with van der Waals surface area (Å²) in [5.41, 5.74) is 7.20. The van der Waals surface area contributed by atoms with Crippen LogP contribution in [-0.2, 0) is 27.5 Å². The van der Waals surface area contributed by atoms with Crippen molar-refractivity contribution in [2.24, 2.45) is 5.16 Å². The minimum atomic E-state index is -0.928. The van der Waals surface area contributed by atoms with Gasteiger partial charge in [0.2, 0.25) is 0 Å². The second-order valence-corrected chi connectivity index (χ2v) is 5.17. The lowest BCUT2D eigenvalue weighted by molar-refractivity contribution is -0.136. The van der Waals surface area contributed by atoms with Gasteiger partial charge in [0.15, 0.2) is 17.1 Å². The summed E-state index contributed by atoms with van der Waals surface area (Å²) >= 11 is 1.19. The number of nitrogen functional groups attached to an aromatic ring is 1. The number of carboxylic acid groups (broad SMARTS) is 1. The van der Waals surface area contributed by atoms with Crippen molar-refractivity contribution in [3.8, 4) is 0 Å². The third-order valence-corrected chi connectivity index (χ3v) is 3.41. The normalized spacial score (nSPS) is 11.2. The van der Waals surface area contributed by atoms with Crippen molar-refractivity contribution < 1.29 is 19.5 Å². The molecule has 7 nitrogen and oxygen atoms in total. The van der Waals surface area contributed by atoms with Crippen molar-refractivity contribution in [3.05, 3.63) is 46.5 Å². The number of thiazole rings is 1. The third-order valence-electron chi connectivity index (χ3n) is 2.74. The van der Waals surface area contributed by atoms with Crippen molar-refractivity contribution in [1.82, 2.24) is 4.98 Å². The highest BCUT2D eigenvalue weighted by atomic mass is 32.1. The lowest BCUT2D eigenvalue weighted by Crippen LogP contribution is -2.06. The van der Waals surface area contributed by atoms with Gasteiger partial charge in [-0.25, -0.2) is 4.98 Å². The van der Waals surface area contributed by atoms with E-state index in [2.05, 4.69) is 10.1 Å². The van der Waals surface area contributed by atoms with E-state index in [-0.39, 0.29) is 18.7 Å². The fourth-order valence-electron chi connectivity index (χ4n) is 1.74. The van der Waals surface area contributed by atoms with Gasteiger partial charge in [-0.2, -0.15) is 0 Å². The number of oxime groups is 1. The maximum Gasteiger partial charge on any atom is 0.307 e. The van der Waals surface area contributed by atoms with Gasteiger partial charge in [-0.15, -0.1) is 11.3 Å². The monoisotopic (exact) mass is 319 g/mol. The fourth-order valence-corrected chi connectivity index (χ4v) is 2.30. The number of carbonyl (C=O) groups is 2. The number of nitrogens with two attached hydrogens (primary N) is 1. The van der Waals surface area contributed by atoms with Crippen LogP contribution in [0.1, 0.15) is 16.8 Å². The van der Waals surface area contributed by atoms with Gasteiger partial charge in [0, 0.05) is 5.38 Å². The summed E-state index contributed by atoms with van der Waals surface area (Å²) in [6.07, 6.45) is 0.421. The Labute approximate surface area is 130 Å². The number of aromatic nitrogens is 1. The fraction of sp³-hybridized carbons (Fsp3) is 0.143. The predicted octanol–water partition coefficient (Wildman–Crippen LogP) is 1.47. The standard InChI is InChI=1S/C14H13N3O4S/c15-14-16-12(8-22-14)11(6-18)17-21-7-10-4-2-1-3-9(10)5-13(19)20/h1-4,6,8H,5,7H2,(H2,15,16)(H,19,20)/b17-11-. The second-order valence-electron chi connectivity index (χ2n) is 4.28. The smallest absolute Gasteiger partial charge is 0.307 e. The van der Waals surface area contributed by atoms with Crippen molar-refractivity contribution in [3.63, 3.8) is 0 Å². The Morgan fingerprint density at radius 1 is 1.41 bits per heavy atom. The third kappa shape index (κ3) is 4.13. The van der Waals surface area contributed by atoms with Crippen molar-refractivity contribution in [1.29, 1.82) is 0 Å². The second kappa shape index (κ2) is 7.32. The van der Waals surface area contributed by atoms with E-state index in [1.807, 2.05) is 0 Å². The molecule has 22 heavy (non-hydrogen) atoms. The zero-order valence-electron chi connectivity index (χ0n) is 11.4. The summed E-state index contributed by atoms with van der Waals surface area (Å²) in [7, 11) is 0. The summed E-state index contributed by atoms with van der Waals surface area (Å²) < 4.78 is 0. The Balaban J connectivity index is 2.08. The first-order valence-electron chi connectivity index (χ1n) is 6.25. The lowest BCUT2D eigenvalue weighted by atomic mass is 10.1. The van der Waals surface area contributed by atoms with Crippen LogP contribution in [0.15, 0.2) is 34.8 Å². The number of rotatable bonds is 7. The zero-order valence-corrected chi connectivity index (χ0v) is 12.2. The van der Waals surface area contributed by atoms with Crippen LogP contribution in [0.5, 0.6) is 0 Å². The number of nitrogens with zero attached hydrogens (tertiary/aromatic N) is 2. The number of carboxylic acids is 1. The Morgan fingerprint density at radius 2 is 2.14 bits per heavy atom. The van der Waals surface area contributed by atoms with E-state index >= 15 is 0 Å². The molecule has 0 radical (unpaired) electrons. The molecule has 0 saturated heterocycles. The summed E-state index contributed by atoms with van der Waals surface area (Å²) in [6, 6.07) is 6.98. The molecule has 0 fully saturated rings. The first kappa shape index (κ1) is 15.6. The molecule has 2 aromatic rings. The molecule has 3 N–H and O–H groups in total. The Hall–Kier alpha value is -2.74. The molecule has 8 heteroatoms. The molecule has 0 amide bonds. The molecule has 2 rings (SSSR count). The predicted molar refractivity (Wildman–Crippen MR) is 81.7 cm³/mol.